The van der Waals surface area contributed by atoms with E-state index in [-0.39, 0.29) is 36.1 Å². The molecule has 7 heteroatoms. The molecule has 2 rings (SSSR count). The van der Waals surface area contributed by atoms with Crippen molar-refractivity contribution in [2.45, 2.75) is 33.4 Å². The third kappa shape index (κ3) is 5.70. The summed E-state index contributed by atoms with van der Waals surface area (Å²) in [6.07, 6.45) is 0. The van der Waals surface area contributed by atoms with Crippen molar-refractivity contribution in [1.29, 1.82) is 0 Å². The van der Waals surface area contributed by atoms with Gasteiger partial charge in [0.25, 0.3) is 0 Å². The van der Waals surface area contributed by atoms with Gasteiger partial charge < -0.3 is 10.6 Å². The molecule has 128 valence electrons. The minimum atomic E-state index is -0.411. The van der Waals surface area contributed by atoms with E-state index in [1.54, 1.807) is 11.3 Å². The van der Waals surface area contributed by atoms with Crippen molar-refractivity contribution >= 4 is 42.1 Å². The van der Waals surface area contributed by atoms with E-state index in [4.69, 9.17) is 5.73 Å². The van der Waals surface area contributed by atoms with Gasteiger partial charge in [-0.15, -0.1) is 36.2 Å². The van der Waals surface area contributed by atoms with E-state index in [1.807, 2.05) is 25.7 Å². The summed E-state index contributed by atoms with van der Waals surface area (Å²) in [7, 11) is 0. The number of rotatable bonds is 3. The van der Waals surface area contributed by atoms with Gasteiger partial charge in [0.2, 0.25) is 5.91 Å². The Bertz CT molecular complexity index is 440. The van der Waals surface area contributed by atoms with Crippen LogP contribution in [0, 0.1) is 5.41 Å². The lowest BCUT2D eigenvalue weighted by Crippen LogP contribution is -2.55. The van der Waals surface area contributed by atoms with Gasteiger partial charge in [-0.05, 0) is 16.9 Å². The molecule has 1 aliphatic heterocycles. The van der Waals surface area contributed by atoms with Gasteiger partial charge in [-0.3, -0.25) is 9.69 Å². The second-order valence-electron chi connectivity index (χ2n) is 6.52. The van der Waals surface area contributed by atoms with Crippen molar-refractivity contribution in [2.75, 3.05) is 26.2 Å². The normalized spacial score (nSPS) is 17.4. The summed E-state index contributed by atoms with van der Waals surface area (Å²) in [5.74, 6) is 0.0910. The lowest BCUT2D eigenvalue weighted by Gasteiger charge is -2.38. The molecule has 0 unspecified atom stereocenters. The molecule has 0 aliphatic carbocycles. The van der Waals surface area contributed by atoms with Crippen molar-refractivity contribution in [3.63, 3.8) is 0 Å². The van der Waals surface area contributed by atoms with E-state index < -0.39 is 6.04 Å². The van der Waals surface area contributed by atoms with Gasteiger partial charge in [0, 0.05) is 37.6 Å². The summed E-state index contributed by atoms with van der Waals surface area (Å²) < 4.78 is 0. The van der Waals surface area contributed by atoms with Gasteiger partial charge in [-0.25, -0.2) is 0 Å². The number of halogens is 2. The molecule has 1 fully saturated rings. The monoisotopic (exact) mass is 367 g/mol. The summed E-state index contributed by atoms with van der Waals surface area (Å²) in [6, 6.07) is 3.84. The maximum Gasteiger partial charge on any atom is 0.240 e. The van der Waals surface area contributed by atoms with E-state index in [2.05, 4.69) is 22.4 Å². The number of hydrogen-bond acceptors (Lipinski definition) is 4. The molecule has 0 saturated carbocycles. The van der Waals surface area contributed by atoms with Crippen LogP contribution >= 0.6 is 36.2 Å². The van der Waals surface area contributed by atoms with Crippen LogP contribution in [0.15, 0.2) is 17.5 Å². The number of piperazine rings is 1. The summed E-state index contributed by atoms with van der Waals surface area (Å²) in [4.78, 5) is 18.1. The molecule has 2 N–H and O–H groups in total. The van der Waals surface area contributed by atoms with Crippen molar-refractivity contribution in [1.82, 2.24) is 9.80 Å². The SMILES string of the molecule is CC(C)(C)[C@H](N)C(=O)N1CCN(Cc2cccs2)CC1.Cl.Cl. The number of amides is 1. The van der Waals surface area contributed by atoms with Gasteiger partial charge in [0.15, 0.2) is 0 Å². The van der Waals surface area contributed by atoms with Crippen LogP contribution in [-0.2, 0) is 11.3 Å². The zero-order valence-corrected chi connectivity index (χ0v) is 15.9. The fourth-order valence-electron chi connectivity index (χ4n) is 2.32. The van der Waals surface area contributed by atoms with E-state index >= 15 is 0 Å². The molecule has 1 aromatic rings. The van der Waals surface area contributed by atoms with Crippen molar-refractivity contribution in [3.05, 3.63) is 22.4 Å². The smallest absolute Gasteiger partial charge is 0.240 e. The Balaban J connectivity index is 0.00000220. The first kappa shape index (κ1) is 21.7. The molecule has 2 heterocycles. The van der Waals surface area contributed by atoms with Crippen molar-refractivity contribution in [3.8, 4) is 0 Å². The first-order chi connectivity index (χ1) is 9.38. The summed E-state index contributed by atoms with van der Waals surface area (Å²) in [6.45, 7) is 10.5. The molecular formula is C15H27Cl2N3OS. The maximum absolute atomic E-state index is 12.4. The lowest BCUT2D eigenvalue weighted by molar-refractivity contribution is -0.136. The van der Waals surface area contributed by atoms with E-state index in [0.717, 1.165) is 32.7 Å². The number of nitrogens with zero attached hydrogens (tertiary/aromatic N) is 2. The zero-order chi connectivity index (χ0) is 14.8. The first-order valence-electron chi connectivity index (χ1n) is 7.17. The number of hydrogen-bond donors (Lipinski definition) is 1. The van der Waals surface area contributed by atoms with Gasteiger partial charge in [0.1, 0.15) is 0 Å². The number of thiophene rings is 1. The fourth-order valence-corrected chi connectivity index (χ4v) is 3.06. The van der Waals surface area contributed by atoms with Crippen LogP contribution in [0.3, 0.4) is 0 Å². The standard InChI is InChI=1S/C15H25N3OS.2ClH/c1-15(2,3)13(16)14(19)18-8-6-17(7-9-18)11-12-5-4-10-20-12;;/h4-5,10,13H,6-9,11,16H2,1-3H3;2*1H/t13-;;/m1../s1. The average Bonchev–Trinajstić information content (AvgIpc) is 2.90. The van der Waals surface area contributed by atoms with Gasteiger partial charge in [-0.1, -0.05) is 26.8 Å². The first-order valence-corrected chi connectivity index (χ1v) is 8.05. The second-order valence-corrected chi connectivity index (χ2v) is 7.56. The highest BCUT2D eigenvalue weighted by Crippen LogP contribution is 2.20. The Morgan fingerprint density at radius 1 is 1.27 bits per heavy atom. The molecule has 22 heavy (non-hydrogen) atoms. The molecular weight excluding hydrogens is 341 g/mol. The predicted octanol–water partition coefficient (Wildman–Crippen LogP) is 2.61. The molecule has 1 aromatic heterocycles. The topological polar surface area (TPSA) is 49.6 Å². The molecule has 0 bridgehead atoms. The molecule has 1 aliphatic rings. The van der Waals surface area contributed by atoms with Crippen LogP contribution in [0.25, 0.3) is 0 Å². The van der Waals surface area contributed by atoms with Gasteiger partial charge in [0.05, 0.1) is 6.04 Å². The van der Waals surface area contributed by atoms with Crippen LogP contribution in [0.2, 0.25) is 0 Å². The largest absolute Gasteiger partial charge is 0.339 e. The molecule has 0 spiro atoms. The highest BCUT2D eigenvalue weighted by atomic mass is 35.5. The minimum Gasteiger partial charge on any atom is -0.339 e. The Kier molecular flexibility index (Phi) is 8.95. The number of nitrogens with two attached hydrogens (primary N) is 1. The summed E-state index contributed by atoms with van der Waals surface area (Å²) >= 11 is 1.79. The van der Waals surface area contributed by atoms with Crippen LogP contribution in [-0.4, -0.2) is 47.9 Å². The highest BCUT2D eigenvalue weighted by Gasteiger charge is 2.32. The quantitative estimate of drug-likeness (QED) is 0.892. The average molecular weight is 368 g/mol. The van der Waals surface area contributed by atoms with E-state index in [1.165, 1.54) is 4.88 Å². The summed E-state index contributed by atoms with van der Waals surface area (Å²) in [5, 5.41) is 2.11. The van der Waals surface area contributed by atoms with Crippen LogP contribution < -0.4 is 5.73 Å². The Morgan fingerprint density at radius 2 is 1.86 bits per heavy atom. The van der Waals surface area contributed by atoms with Crippen LogP contribution in [0.4, 0.5) is 0 Å². The third-order valence-electron chi connectivity index (χ3n) is 3.84. The molecule has 1 amide bonds. The Hall–Kier alpha value is -0.330. The maximum atomic E-state index is 12.4. The van der Waals surface area contributed by atoms with Crippen LogP contribution in [0.1, 0.15) is 25.6 Å². The van der Waals surface area contributed by atoms with E-state index in [9.17, 15) is 4.79 Å². The zero-order valence-electron chi connectivity index (χ0n) is 13.4. The van der Waals surface area contributed by atoms with Crippen molar-refractivity contribution in [2.24, 2.45) is 11.1 Å². The highest BCUT2D eigenvalue weighted by molar-refractivity contribution is 7.09. The van der Waals surface area contributed by atoms with Gasteiger partial charge >= 0.3 is 0 Å². The molecule has 1 saturated heterocycles. The minimum absolute atomic E-state index is 0. The molecule has 0 aromatic carbocycles. The lowest BCUT2D eigenvalue weighted by atomic mass is 9.86. The second kappa shape index (κ2) is 9.08. The number of carbonyl (C=O) groups excluding carboxylic acids is 1. The fraction of sp³-hybridized carbons (Fsp3) is 0.667. The Labute approximate surface area is 149 Å². The molecule has 4 nitrogen and oxygen atoms in total. The molecule has 1 atom stereocenters. The van der Waals surface area contributed by atoms with Crippen LogP contribution in [0.5, 0.6) is 0 Å². The van der Waals surface area contributed by atoms with Gasteiger partial charge in [-0.2, -0.15) is 0 Å². The third-order valence-corrected chi connectivity index (χ3v) is 4.70. The predicted molar refractivity (Wildman–Crippen MR) is 98.1 cm³/mol. The molecule has 0 radical (unpaired) electrons. The summed E-state index contributed by atoms with van der Waals surface area (Å²) in [5.41, 5.74) is 5.89. The Morgan fingerprint density at radius 3 is 2.32 bits per heavy atom. The van der Waals surface area contributed by atoms with E-state index in [0.29, 0.717) is 0 Å². The number of carbonyl (C=O) groups is 1. The van der Waals surface area contributed by atoms with Crippen molar-refractivity contribution < 1.29 is 4.79 Å².